The van der Waals surface area contributed by atoms with Crippen LogP contribution in [0.2, 0.25) is 5.02 Å². The standard InChI is InChI=1S/C19H15ClN2O2/c20-17-6-12(10-21)5-16(8-17)13-1-2-15-9-19(4-3-14(15)7-13)11-24-18(23)22-19/h1-2,5-8H,3-4,9,11H2,(H,22,23). The van der Waals surface area contributed by atoms with Gasteiger partial charge in [-0.2, -0.15) is 5.26 Å². The normalized spacial score (nSPS) is 21.8. The largest absolute Gasteiger partial charge is 0.447 e. The van der Waals surface area contributed by atoms with Gasteiger partial charge in [0.15, 0.2) is 0 Å². The molecule has 1 spiro atoms. The molecule has 0 aromatic heterocycles. The van der Waals surface area contributed by atoms with E-state index in [-0.39, 0.29) is 11.6 Å². The van der Waals surface area contributed by atoms with Crippen molar-refractivity contribution in [2.24, 2.45) is 0 Å². The molecule has 2 aromatic rings. The maximum atomic E-state index is 11.4. The van der Waals surface area contributed by atoms with Crippen molar-refractivity contribution in [2.75, 3.05) is 6.61 Å². The first-order chi connectivity index (χ1) is 11.6. The molecule has 1 heterocycles. The molecule has 4 nitrogen and oxygen atoms in total. The van der Waals surface area contributed by atoms with Gasteiger partial charge >= 0.3 is 6.09 Å². The summed E-state index contributed by atoms with van der Waals surface area (Å²) < 4.78 is 5.10. The number of hydrogen-bond acceptors (Lipinski definition) is 3. The maximum Gasteiger partial charge on any atom is 0.407 e. The van der Waals surface area contributed by atoms with E-state index < -0.39 is 0 Å². The molecule has 2 aromatic carbocycles. The van der Waals surface area contributed by atoms with Crippen molar-refractivity contribution >= 4 is 17.7 Å². The predicted molar refractivity (Wildman–Crippen MR) is 90.8 cm³/mol. The molecule has 1 fully saturated rings. The summed E-state index contributed by atoms with van der Waals surface area (Å²) in [4.78, 5) is 11.4. The summed E-state index contributed by atoms with van der Waals surface area (Å²) in [5, 5.41) is 12.6. The number of nitrogens with one attached hydrogen (secondary N) is 1. The number of hydrogen-bond donors (Lipinski definition) is 1. The molecule has 0 saturated carbocycles. The van der Waals surface area contributed by atoms with Crippen molar-refractivity contribution in [1.29, 1.82) is 5.26 Å². The molecular weight excluding hydrogens is 324 g/mol. The smallest absolute Gasteiger partial charge is 0.407 e. The van der Waals surface area contributed by atoms with E-state index in [1.54, 1.807) is 6.07 Å². The summed E-state index contributed by atoms with van der Waals surface area (Å²) in [7, 11) is 0. The number of carbonyl (C=O) groups excluding carboxylic acids is 1. The molecule has 1 unspecified atom stereocenters. The quantitative estimate of drug-likeness (QED) is 0.859. The summed E-state index contributed by atoms with van der Waals surface area (Å²) in [5.41, 5.74) is 4.81. The third-order valence-corrected chi connectivity index (χ3v) is 5.03. The second-order valence-corrected chi connectivity index (χ2v) is 6.92. The second-order valence-electron chi connectivity index (χ2n) is 6.48. The van der Waals surface area contributed by atoms with Crippen LogP contribution in [0.1, 0.15) is 23.1 Å². The number of cyclic esters (lactones) is 1. The van der Waals surface area contributed by atoms with Crippen LogP contribution in [0.15, 0.2) is 36.4 Å². The Morgan fingerprint density at radius 1 is 1.17 bits per heavy atom. The van der Waals surface area contributed by atoms with Crippen molar-refractivity contribution < 1.29 is 9.53 Å². The number of amides is 1. The lowest BCUT2D eigenvalue weighted by Crippen LogP contribution is -2.48. The highest BCUT2D eigenvalue weighted by molar-refractivity contribution is 6.31. The van der Waals surface area contributed by atoms with Gasteiger partial charge < -0.3 is 10.1 Å². The average Bonchev–Trinajstić information content (AvgIpc) is 2.94. The number of rotatable bonds is 1. The lowest BCUT2D eigenvalue weighted by atomic mass is 9.78. The molecule has 1 saturated heterocycles. The fourth-order valence-electron chi connectivity index (χ4n) is 3.58. The molecule has 24 heavy (non-hydrogen) atoms. The summed E-state index contributed by atoms with van der Waals surface area (Å²) in [6.45, 7) is 0.437. The van der Waals surface area contributed by atoms with E-state index in [1.807, 2.05) is 18.2 Å². The van der Waals surface area contributed by atoms with Crippen molar-refractivity contribution in [3.05, 3.63) is 58.1 Å². The molecule has 1 atom stereocenters. The zero-order valence-electron chi connectivity index (χ0n) is 12.9. The van der Waals surface area contributed by atoms with Gasteiger partial charge in [-0.25, -0.2) is 4.79 Å². The topological polar surface area (TPSA) is 62.1 Å². The van der Waals surface area contributed by atoms with Crippen LogP contribution in [-0.4, -0.2) is 18.2 Å². The lowest BCUT2D eigenvalue weighted by Gasteiger charge is -2.32. The average molecular weight is 339 g/mol. The zero-order valence-corrected chi connectivity index (χ0v) is 13.7. The SMILES string of the molecule is N#Cc1cc(Cl)cc(-c2ccc3c(c2)CCC2(COC(=O)N2)C3)c1. The van der Waals surface area contributed by atoms with Crippen LogP contribution in [0.25, 0.3) is 11.1 Å². The molecule has 1 amide bonds. The van der Waals surface area contributed by atoms with Crippen LogP contribution in [0.4, 0.5) is 4.79 Å². The Morgan fingerprint density at radius 3 is 2.79 bits per heavy atom. The third kappa shape index (κ3) is 2.61. The Hall–Kier alpha value is -2.51. The summed E-state index contributed by atoms with van der Waals surface area (Å²) in [5.74, 6) is 0. The van der Waals surface area contributed by atoms with E-state index >= 15 is 0 Å². The molecule has 120 valence electrons. The van der Waals surface area contributed by atoms with Crippen molar-refractivity contribution in [1.82, 2.24) is 5.32 Å². The van der Waals surface area contributed by atoms with Crippen LogP contribution in [-0.2, 0) is 17.6 Å². The number of halogens is 1. The lowest BCUT2D eigenvalue weighted by molar-refractivity contribution is 0.170. The maximum absolute atomic E-state index is 11.4. The molecule has 1 N–H and O–H groups in total. The van der Waals surface area contributed by atoms with Crippen LogP contribution >= 0.6 is 11.6 Å². The Bertz CT molecular complexity index is 887. The fourth-order valence-corrected chi connectivity index (χ4v) is 3.82. The minimum absolute atomic E-state index is 0.254. The Morgan fingerprint density at radius 2 is 2.04 bits per heavy atom. The van der Waals surface area contributed by atoms with Crippen LogP contribution in [0.3, 0.4) is 0 Å². The minimum atomic E-state index is -0.321. The predicted octanol–water partition coefficient (Wildman–Crippen LogP) is 3.85. The van der Waals surface area contributed by atoms with Crippen LogP contribution in [0.5, 0.6) is 0 Å². The highest BCUT2D eigenvalue weighted by atomic mass is 35.5. The number of benzene rings is 2. The van der Waals surface area contributed by atoms with E-state index in [4.69, 9.17) is 21.6 Å². The Labute approximate surface area is 145 Å². The highest BCUT2D eigenvalue weighted by Gasteiger charge is 2.41. The van der Waals surface area contributed by atoms with Crippen molar-refractivity contribution in [2.45, 2.75) is 24.8 Å². The summed E-state index contributed by atoms with van der Waals surface area (Å²) in [6.07, 6.45) is 2.22. The van der Waals surface area contributed by atoms with Gasteiger partial charge in [-0.05, 0) is 59.7 Å². The number of alkyl carbamates (subject to hydrolysis) is 1. The fraction of sp³-hybridized carbons (Fsp3) is 0.263. The monoisotopic (exact) mass is 338 g/mol. The van der Waals surface area contributed by atoms with Crippen molar-refractivity contribution in [3.63, 3.8) is 0 Å². The number of carbonyl (C=O) groups is 1. The van der Waals surface area contributed by atoms with E-state index in [0.29, 0.717) is 17.2 Å². The molecule has 0 bridgehead atoms. The first-order valence-electron chi connectivity index (χ1n) is 7.85. The number of fused-ring (bicyclic) bond motifs is 1. The van der Waals surface area contributed by atoms with Gasteiger partial charge in [0, 0.05) is 5.02 Å². The molecule has 5 heteroatoms. The summed E-state index contributed by atoms with van der Waals surface area (Å²) >= 11 is 6.11. The molecule has 2 aliphatic rings. The highest BCUT2D eigenvalue weighted by Crippen LogP contribution is 2.34. The second kappa shape index (κ2) is 5.54. The van der Waals surface area contributed by atoms with Gasteiger partial charge in [-0.1, -0.05) is 29.8 Å². The summed E-state index contributed by atoms with van der Waals surface area (Å²) in [6, 6.07) is 13.8. The van der Waals surface area contributed by atoms with Crippen LogP contribution < -0.4 is 5.32 Å². The Balaban J connectivity index is 1.67. The molecule has 1 aliphatic heterocycles. The first kappa shape index (κ1) is 15.0. The van der Waals surface area contributed by atoms with Gasteiger partial charge in [-0.15, -0.1) is 0 Å². The molecule has 4 rings (SSSR count). The third-order valence-electron chi connectivity index (χ3n) is 4.81. The number of ether oxygens (including phenoxy) is 1. The van der Waals surface area contributed by atoms with E-state index in [2.05, 4.69) is 23.5 Å². The van der Waals surface area contributed by atoms with Gasteiger partial charge in [0.05, 0.1) is 17.2 Å². The minimum Gasteiger partial charge on any atom is -0.447 e. The van der Waals surface area contributed by atoms with E-state index in [9.17, 15) is 4.79 Å². The van der Waals surface area contributed by atoms with Gasteiger partial charge in [0.25, 0.3) is 0 Å². The number of nitrogens with zero attached hydrogens (tertiary/aromatic N) is 1. The van der Waals surface area contributed by atoms with Crippen LogP contribution in [0, 0.1) is 11.3 Å². The Kier molecular flexibility index (Phi) is 3.47. The zero-order chi connectivity index (χ0) is 16.7. The van der Waals surface area contributed by atoms with E-state index in [1.165, 1.54) is 11.1 Å². The van der Waals surface area contributed by atoms with Crippen molar-refractivity contribution in [3.8, 4) is 17.2 Å². The van der Waals surface area contributed by atoms with E-state index in [0.717, 1.165) is 30.4 Å². The van der Waals surface area contributed by atoms with Gasteiger partial charge in [0.2, 0.25) is 0 Å². The molecular formula is C19H15ClN2O2. The van der Waals surface area contributed by atoms with Gasteiger partial charge in [-0.3, -0.25) is 0 Å². The first-order valence-corrected chi connectivity index (χ1v) is 8.23. The molecule has 0 radical (unpaired) electrons. The van der Waals surface area contributed by atoms with Gasteiger partial charge in [0.1, 0.15) is 6.61 Å². The number of aryl methyl sites for hydroxylation is 1. The number of nitriles is 1. The molecule has 1 aliphatic carbocycles.